The van der Waals surface area contributed by atoms with E-state index in [1.54, 1.807) is 0 Å². The lowest BCUT2D eigenvalue weighted by molar-refractivity contribution is 0.383. The van der Waals surface area contributed by atoms with Gasteiger partial charge in [-0.1, -0.05) is 63.3 Å². The van der Waals surface area contributed by atoms with E-state index < -0.39 is 0 Å². The second kappa shape index (κ2) is 7.70. The maximum absolute atomic E-state index is 2.42. The van der Waals surface area contributed by atoms with Gasteiger partial charge in [0.15, 0.2) is 0 Å². The molecule has 1 rings (SSSR count). The molecule has 0 spiro atoms. The van der Waals surface area contributed by atoms with Crippen molar-refractivity contribution < 1.29 is 0 Å². The van der Waals surface area contributed by atoms with Crippen LogP contribution in [0.5, 0.6) is 0 Å². The van der Waals surface area contributed by atoms with Crippen molar-refractivity contribution in [2.45, 2.75) is 65.7 Å². The molecule has 0 N–H and O–H groups in total. The Morgan fingerprint density at radius 1 is 1.31 bits per heavy atom. The highest BCUT2D eigenvalue weighted by atomic mass is 14.2. The number of unbranched alkanes of at least 4 members (excludes halogenated alkanes) is 1. The Morgan fingerprint density at radius 3 is 2.69 bits per heavy atom. The summed E-state index contributed by atoms with van der Waals surface area (Å²) in [4.78, 5) is 0. The quantitative estimate of drug-likeness (QED) is 0.531. The maximum atomic E-state index is 2.42. The van der Waals surface area contributed by atoms with Crippen LogP contribution >= 0.6 is 0 Å². The summed E-state index contributed by atoms with van der Waals surface area (Å²) in [5.41, 5.74) is 1.44. The average molecular weight is 220 g/mol. The lowest BCUT2D eigenvalue weighted by Crippen LogP contribution is -2.05. The highest BCUT2D eigenvalue weighted by Gasteiger charge is 2.11. The Bertz CT molecular complexity index is 234. The van der Waals surface area contributed by atoms with Gasteiger partial charge in [0.2, 0.25) is 0 Å². The third kappa shape index (κ3) is 5.01. The monoisotopic (exact) mass is 220 g/mol. The van der Waals surface area contributed by atoms with Gasteiger partial charge in [-0.2, -0.15) is 0 Å². The Kier molecular flexibility index (Phi) is 6.52. The average Bonchev–Trinajstić information content (AvgIpc) is 2.32. The second-order valence-corrected chi connectivity index (χ2v) is 5.30. The smallest absolute Gasteiger partial charge is 0.0195 e. The van der Waals surface area contributed by atoms with E-state index in [0.29, 0.717) is 0 Å². The molecular weight excluding hydrogens is 192 g/mol. The third-order valence-electron chi connectivity index (χ3n) is 3.86. The standard InChI is InChI=1S/C16H28/c1-4-6-7-15(5-2)12-13-16-10-8-14(3)9-11-16/h8-10,15-16H,4-7,11-13H2,1-3H3. The van der Waals surface area contributed by atoms with Crippen molar-refractivity contribution in [3.63, 3.8) is 0 Å². The number of hydrogen-bond donors (Lipinski definition) is 0. The zero-order chi connectivity index (χ0) is 11.8. The Labute approximate surface area is 102 Å². The van der Waals surface area contributed by atoms with E-state index in [0.717, 1.165) is 11.8 Å². The fourth-order valence-electron chi connectivity index (χ4n) is 2.48. The largest absolute Gasteiger partial charge is 0.0810 e. The molecule has 0 amide bonds. The van der Waals surface area contributed by atoms with Crippen LogP contribution in [0.25, 0.3) is 0 Å². The summed E-state index contributed by atoms with van der Waals surface area (Å²) in [6.45, 7) is 6.84. The summed E-state index contributed by atoms with van der Waals surface area (Å²) in [7, 11) is 0. The van der Waals surface area contributed by atoms with Crippen LogP contribution in [0.2, 0.25) is 0 Å². The van der Waals surface area contributed by atoms with Crippen molar-refractivity contribution in [1.82, 2.24) is 0 Å². The molecule has 0 bridgehead atoms. The molecule has 0 saturated carbocycles. The van der Waals surface area contributed by atoms with E-state index in [4.69, 9.17) is 0 Å². The molecule has 0 heteroatoms. The Balaban J connectivity index is 2.20. The van der Waals surface area contributed by atoms with Gasteiger partial charge in [0.25, 0.3) is 0 Å². The number of rotatable bonds is 7. The molecule has 0 aliphatic heterocycles. The van der Waals surface area contributed by atoms with Gasteiger partial charge in [-0.15, -0.1) is 0 Å². The molecule has 1 aliphatic rings. The lowest BCUT2D eigenvalue weighted by Gasteiger charge is -2.19. The Morgan fingerprint density at radius 2 is 2.12 bits per heavy atom. The molecule has 0 nitrogen and oxygen atoms in total. The van der Waals surface area contributed by atoms with Crippen LogP contribution in [-0.4, -0.2) is 0 Å². The molecule has 0 fully saturated rings. The molecule has 0 saturated heterocycles. The molecule has 1 aliphatic carbocycles. The van der Waals surface area contributed by atoms with Gasteiger partial charge in [-0.05, 0) is 38.0 Å². The first-order valence-corrected chi connectivity index (χ1v) is 7.11. The molecule has 0 radical (unpaired) electrons. The van der Waals surface area contributed by atoms with Crippen molar-refractivity contribution in [3.8, 4) is 0 Å². The molecule has 0 aromatic carbocycles. The first-order chi connectivity index (χ1) is 7.76. The molecular formula is C16H28. The van der Waals surface area contributed by atoms with Crippen LogP contribution in [0, 0.1) is 11.8 Å². The van der Waals surface area contributed by atoms with Gasteiger partial charge in [0.1, 0.15) is 0 Å². The van der Waals surface area contributed by atoms with Crippen molar-refractivity contribution in [2.75, 3.05) is 0 Å². The normalized spacial score (nSPS) is 21.9. The van der Waals surface area contributed by atoms with E-state index >= 15 is 0 Å². The highest BCUT2D eigenvalue weighted by molar-refractivity contribution is 5.21. The zero-order valence-corrected chi connectivity index (χ0v) is 11.3. The van der Waals surface area contributed by atoms with Crippen LogP contribution in [-0.2, 0) is 0 Å². The van der Waals surface area contributed by atoms with Gasteiger partial charge >= 0.3 is 0 Å². The summed E-state index contributed by atoms with van der Waals surface area (Å²) in [5, 5.41) is 0. The topological polar surface area (TPSA) is 0 Å². The summed E-state index contributed by atoms with van der Waals surface area (Å²) >= 11 is 0. The minimum absolute atomic E-state index is 0.819. The van der Waals surface area contributed by atoms with Crippen molar-refractivity contribution >= 4 is 0 Å². The molecule has 2 atom stereocenters. The fraction of sp³-hybridized carbons (Fsp3) is 0.750. The fourth-order valence-corrected chi connectivity index (χ4v) is 2.48. The van der Waals surface area contributed by atoms with Gasteiger partial charge in [0, 0.05) is 0 Å². The number of hydrogen-bond acceptors (Lipinski definition) is 0. The molecule has 0 heterocycles. The van der Waals surface area contributed by atoms with Gasteiger partial charge in [-0.3, -0.25) is 0 Å². The summed E-state index contributed by atoms with van der Waals surface area (Å²) in [5.74, 6) is 1.79. The minimum Gasteiger partial charge on any atom is -0.0810 e. The van der Waals surface area contributed by atoms with E-state index in [9.17, 15) is 0 Å². The van der Waals surface area contributed by atoms with E-state index in [1.807, 2.05) is 0 Å². The van der Waals surface area contributed by atoms with Crippen LogP contribution in [0.15, 0.2) is 23.8 Å². The SMILES string of the molecule is CCCCC(CC)CCC1C=CC(C)=CC1. The Hall–Kier alpha value is -0.520. The molecule has 2 unspecified atom stereocenters. The first-order valence-electron chi connectivity index (χ1n) is 7.11. The predicted molar refractivity (Wildman–Crippen MR) is 73.5 cm³/mol. The van der Waals surface area contributed by atoms with Crippen molar-refractivity contribution in [3.05, 3.63) is 23.8 Å². The number of allylic oxidation sites excluding steroid dienone is 4. The van der Waals surface area contributed by atoms with Crippen LogP contribution in [0.1, 0.15) is 65.7 Å². The van der Waals surface area contributed by atoms with Gasteiger partial charge in [0.05, 0.1) is 0 Å². The molecule has 16 heavy (non-hydrogen) atoms. The van der Waals surface area contributed by atoms with E-state index in [2.05, 4.69) is 39.0 Å². The van der Waals surface area contributed by atoms with Crippen molar-refractivity contribution in [1.29, 1.82) is 0 Å². The minimum atomic E-state index is 0.819. The summed E-state index contributed by atoms with van der Waals surface area (Å²) in [6, 6.07) is 0. The zero-order valence-electron chi connectivity index (χ0n) is 11.3. The molecule has 0 aromatic heterocycles. The predicted octanol–water partition coefficient (Wildman–Crippen LogP) is 5.51. The highest BCUT2D eigenvalue weighted by Crippen LogP contribution is 2.26. The van der Waals surface area contributed by atoms with E-state index in [1.165, 1.54) is 50.5 Å². The molecule has 92 valence electrons. The molecule has 0 aromatic rings. The van der Waals surface area contributed by atoms with Crippen LogP contribution in [0.3, 0.4) is 0 Å². The first kappa shape index (κ1) is 13.5. The van der Waals surface area contributed by atoms with E-state index in [-0.39, 0.29) is 0 Å². The van der Waals surface area contributed by atoms with Crippen LogP contribution < -0.4 is 0 Å². The summed E-state index contributed by atoms with van der Waals surface area (Å²) < 4.78 is 0. The third-order valence-corrected chi connectivity index (χ3v) is 3.86. The lowest BCUT2D eigenvalue weighted by atomic mass is 9.87. The van der Waals surface area contributed by atoms with Crippen molar-refractivity contribution in [2.24, 2.45) is 11.8 Å². The maximum Gasteiger partial charge on any atom is -0.0195 e. The van der Waals surface area contributed by atoms with Crippen LogP contribution in [0.4, 0.5) is 0 Å². The second-order valence-electron chi connectivity index (χ2n) is 5.30. The summed E-state index contributed by atoms with van der Waals surface area (Å²) in [6.07, 6.45) is 16.8. The van der Waals surface area contributed by atoms with Gasteiger partial charge in [-0.25, -0.2) is 0 Å². The van der Waals surface area contributed by atoms with Gasteiger partial charge < -0.3 is 0 Å².